The molecule has 2 aromatic rings. The summed E-state index contributed by atoms with van der Waals surface area (Å²) < 4.78 is 10.8. The number of hydrogen-bond acceptors (Lipinski definition) is 3. The topological polar surface area (TPSA) is 42.6 Å². The van der Waals surface area contributed by atoms with Crippen LogP contribution in [0.25, 0.3) is 0 Å². The van der Waals surface area contributed by atoms with E-state index in [9.17, 15) is 5.11 Å². The summed E-state index contributed by atoms with van der Waals surface area (Å²) in [5, 5.41) is 10.2. The first-order chi connectivity index (χ1) is 8.56. The van der Waals surface area contributed by atoms with Crippen LogP contribution in [0.4, 0.5) is 0 Å². The van der Waals surface area contributed by atoms with Gasteiger partial charge in [0.1, 0.15) is 17.6 Å². The second-order valence-corrected chi connectivity index (χ2v) is 4.63. The van der Waals surface area contributed by atoms with E-state index >= 15 is 0 Å². The Balaban J connectivity index is 2.22. The fraction of sp³-hybridized carbons (Fsp3) is 0.333. The molecule has 0 aliphatic heterocycles. The average Bonchev–Trinajstić information content (AvgIpc) is 2.74. The first kappa shape index (κ1) is 12.7. The van der Waals surface area contributed by atoms with Gasteiger partial charge >= 0.3 is 0 Å². The number of furan rings is 1. The van der Waals surface area contributed by atoms with Crippen molar-refractivity contribution in [3.05, 3.63) is 53.5 Å². The van der Waals surface area contributed by atoms with Gasteiger partial charge < -0.3 is 14.3 Å². The second-order valence-electron chi connectivity index (χ2n) is 4.63. The molecule has 0 saturated heterocycles. The monoisotopic (exact) mass is 246 g/mol. The van der Waals surface area contributed by atoms with Crippen molar-refractivity contribution < 1.29 is 14.3 Å². The molecular formula is C15H18O3. The summed E-state index contributed by atoms with van der Waals surface area (Å²) in [6, 6.07) is 9.33. The normalized spacial score (nSPS) is 12.7. The zero-order valence-electron chi connectivity index (χ0n) is 10.9. The molecule has 0 fully saturated rings. The van der Waals surface area contributed by atoms with Crippen LogP contribution in [0.15, 0.2) is 41.0 Å². The predicted octanol–water partition coefficient (Wildman–Crippen LogP) is 3.46. The Morgan fingerprint density at radius 3 is 2.56 bits per heavy atom. The van der Waals surface area contributed by atoms with Crippen molar-refractivity contribution in [2.24, 2.45) is 0 Å². The number of ether oxygens (including phenoxy) is 1. The highest BCUT2D eigenvalue weighted by Crippen LogP contribution is 2.26. The summed E-state index contributed by atoms with van der Waals surface area (Å²) in [5.41, 5.74) is 1.56. The standard InChI is InChI=1S/C15H18O3/c1-10(2)18-14-6-4-5-12(8-14)15(16)13-7-11(3)17-9-13/h4-10,15-16H,1-3H3. The van der Waals surface area contributed by atoms with Crippen LogP contribution in [0.2, 0.25) is 0 Å². The molecule has 1 unspecified atom stereocenters. The molecule has 0 saturated carbocycles. The molecule has 1 N–H and O–H groups in total. The van der Waals surface area contributed by atoms with Crippen LogP contribution in [0.3, 0.4) is 0 Å². The van der Waals surface area contributed by atoms with Gasteiger partial charge in [-0.3, -0.25) is 0 Å². The van der Waals surface area contributed by atoms with Gasteiger partial charge in [-0.15, -0.1) is 0 Å². The van der Waals surface area contributed by atoms with Crippen molar-refractivity contribution in [2.45, 2.75) is 33.0 Å². The zero-order valence-corrected chi connectivity index (χ0v) is 10.9. The van der Waals surface area contributed by atoms with Gasteiger partial charge in [0, 0.05) is 5.56 Å². The Bertz CT molecular complexity index is 514. The van der Waals surface area contributed by atoms with Gasteiger partial charge in [-0.1, -0.05) is 12.1 Å². The molecule has 0 radical (unpaired) electrons. The number of aryl methyl sites for hydroxylation is 1. The minimum atomic E-state index is -0.682. The smallest absolute Gasteiger partial charge is 0.120 e. The van der Waals surface area contributed by atoms with Gasteiger partial charge in [0.25, 0.3) is 0 Å². The minimum Gasteiger partial charge on any atom is -0.491 e. The van der Waals surface area contributed by atoms with E-state index in [1.807, 2.05) is 51.1 Å². The van der Waals surface area contributed by atoms with Crippen molar-refractivity contribution in [1.29, 1.82) is 0 Å². The Hall–Kier alpha value is -1.74. The summed E-state index contributed by atoms with van der Waals surface area (Å²) in [7, 11) is 0. The second kappa shape index (κ2) is 5.27. The number of rotatable bonds is 4. The Morgan fingerprint density at radius 2 is 1.94 bits per heavy atom. The molecule has 2 rings (SSSR count). The highest BCUT2D eigenvalue weighted by atomic mass is 16.5. The third-order valence-corrected chi connectivity index (χ3v) is 2.61. The third-order valence-electron chi connectivity index (χ3n) is 2.61. The molecule has 0 aliphatic rings. The van der Waals surface area contributed by atoms with E-state index in [-0.39, 0.29) is 6.10 Å². The van der Waals surface area contributed by atoms with Crippen molar-refractivity contribution >= 4 is 0 Å². The molecule has 1 aromatic heterocycles. The quantitative estimate of drug-likeness (QED) is 0.898. The van der Waals surface area contributed by atoms with Crippen LogP contribution < -0.4 is 4.74 Å². The van der Waals surface area contributed by atoms with Crippen molar-refractivity contribution in [1.82, 2.24) is 0 Å². The van der Waals surface area contributed by atoms with Crippen LogP contribution in [-0.4, -0.2) is 11.2 Å². The molecule has 0 spiro atoms. The fourth-order valence-corrected chi connectivity index (χ4v) is 1.83. The van der Waals surface area contributed by atoms with Gasteiger partial charge in [-0.2, -0.15) is 0 Å². The van der Waals surface area contributed by atoms with Gasteiger partial charge in [0.05, 0.1) is 12.4 Å². The average molecular weight is 246 g/mol. The van der Waals surface area contributed by atoms with E-state index in [1.54, 1.807) is 6.26 Å². The van der Waals surface area contributed by atoms with E-state index in [4.69, 9.17) is 9.15 Å². The maximum atomic E-state index is 10.2. The lowest BCUT2D eigenvalue weighted by molar-refractivity contribution is 0.215. The Morgan fingerprint density at radius 1 is 1.17 bits per heavy atom. The maximum absolute atomic E-state index is 10.2. The number of hydrogen-bond donors (Lipinski definition) is 1. The molecular weight excluding hydrogens is 228 g/mol. The number of aliphatic hydroxyl groups is 1. The fourth-order valence-electron chi connectivity index (χ4n) is 1.83. The van der Waals surface area contributed by atoms with Crippen LogP contribution in [0, 0.1) is 6.92 Å². The van der Waals surface area contributed by atoms with E-state index in [2.05, 4.69) is 0 Å². The van der Waals surface area contributed by atoms with Crippen LogP contribution in [0.1, 0.15) is 36.8 Å². The highest BCUT2D eigenvalue weighted by molar-refractivity contribution is 5.34. The summed E-state index contributed by atoms with van der Waals surface area (Å²) in [6.45, 7) is 5.81. The third kappa shape index (κ3) is 2.93. The van der Waals surface area contributed by atoms with Crippen LogP contribution in [-0.2, 0) is 0 Å². The summed E-state index contributed by atoms with van der Waals surface area (Å²) in [6.07, 6.45) is 1.02. The SMILES string of the molecule is Cc1cc(C(O)c2cccc(OC(C)C)c2)co1. The molecule has 3 heteroatoms. The summed E-state index contributed by atoms with van der Waals surface area (Å²) >= 11 is 0. The Kier molecular flexibility index (Phi) is 3.72. The first-order valence-electron chi connectivity index (χ1n) is 6.06. The van der Waals surface area contributed by atoms with Crippen molar-refractivity contribution in [3.63, 3.8) is 0 Å². The largest absolute Gasteiger partial charge is 0.491 e. The molecule has 3 nitrogen and oxygen atoms in total. The number of aliphatic hydroxyl groups excluding tert-OH is 1. The first-order valence-corrected chi connectivity index (χ1v) is 6.06. The lowest BCUT2D eigenvalue weighted by Gasteiger charge is -2.13. The lowest BCUT2D eigenvalue weighted by Crippen LogP contribution is -2.06. The predicted molar refractivity (Wildman–Crippen MR) is 69.7 cm³/mol. The molecule has 96 valence electrons. The molecule has 0 amide bonds. The van der Waals surface area contributed by atoms with Gasteiger partial charge in [0.15, 0.2) is 0 Å². The summed E-state index contributed by atoms with van der Waals surface area (Å²) in [5.74, 6) is 1.56. The lowest BCUT2D eigenvalue weighted by atomic mass is 10.0. The minimum absolute atomic E-state index is 0.119. The highest BCUT2D eigenvalue weighted by Gasteiger charge is 2.13. The zero-order chi connectivity index (χ0) is 13.1. The van der Waals surface area contributed by atoms with Gasteiger partial charge in [0.2, 0.25) is 0 Å². The molecule has 0 bridgehead atoms. The van der Waals surface area contributed by atoms with Crippen molar-refractivity contribution in [2.75, 3.05) is 0 Å². The Labute approximate surface area is 107 Å². The molecule has 1 aromatic carbocycles. The van der Waals surface area contributed by atoms with Crippen LogP contribution >= 0.6 is 0 Å². The molecule has 18 heavy (non-hydrogen) atoms. The van der Waals surface area contributed by atoms with E-state index in [1.165, 1.54) is 0 Å². The van der Waals surface area contributed by atoms with Crippen LogP contribution in [0.5, 0.6) is 5.75 Å². The van der Waals surface area contributed by atoms with E-state index in [0.29, 0.717) is 0 Å². The number of benzene rings is 1. The van der Waals surface area contributed by atoms with Gasteiger partial charge in [-0.05, 0) is 44.5 Å². The van der Waals surface area contributed by atoms with Gasteiger partial charge in [-0.25, -0.2) is 0 Å². The summed E-state index contributed by atoms with van der Waals surface area (Å²) in [4.78, 5) is 0. The molecule has 0 aliphatic carbocycles. The van der Waals surface area contributed by atoms with E-state index < -0.39 is 6.10 Å². The van der Waals surface area contributed by atoms with Crippen molar-refractivity contribution in [3.8, 4) is 5.75 Å². The molecule has 1 atom stereocenters. The maximum Gasteiger partial charge on any atom is 0.120 e. The molecule has 1 heterocycles. The van der Waals surface area contributed by atoms with E-state index in [0.717, 1.165) is 22.6 Å².